The smallest absolute Gasteiger partial charge is 0.252 e. The third kappa shape index (κ3) is 4.88. The Balaban J connectivity index is 1.63. The molecule has 0 bridgehead atoms. The number of carbonyl (C=O) groups is 1. The van der Waals surface area contributed by atoms with E-state index < -0.39 is 0 Å². The summed E-state index contributed by atoms with van der Waals surface area (Å²) in [6.45, 7) is 3.43. The molecule has 144 valence electrons. The van der Waals surface area contributed by atoms with Crippen molar-refractivity contribution in [1.82, 2.24) is 10.3 Å². The number of nitrogens with one attached hydrogen (secondary N) is 1. The lowest BCUT2D eigenvalue weighted by Crippen LogP contribution is -2.26. The molecule has 0 spiro atoms. The molecule has 3 rings (SSSR count). The van der Waals surface area contributed by atoms with Gasteiger partial charge in [-0.2, -0.15) is 0 Å². The van der Waals surface area contributed by atoms with E-state index in [1.54, 1.807) is 19.5 Å². The molecule has 1 amide bonds. The van der Waals surface area contributed by atoms with E-state index in [1.807, 2.05) is 60.7 Å². The average molecular weight is 375 g/mol. The van der Waals surface area contributed by atoms with Gasteiger partial charge in [0.2, 0.25) is 0 Å². The fourth-order valence-corrected chi connectivity index (χ4v) is 3.04. The van der Waals surface area contributed by atoms with E-state index in [1.165, 1.54) is 0 Å². The van der Waals surface area contributed by atoms with Crippen LogP contribution in [0.3, 0.4) is 0 Å². The number of anilines is 2. The summed E-state index contributed by atoms with van der Waals surface area (Å²) in [7, 11) is 1.65. The minimum absolute atomic E-state index is 0.119. The minimum atomic E-state index is -0.119. The zero-order valence-corrected chi connectivity index (χ0v) is 16.3. The molecular formula is C23H25N3O2. The Morgan fingerprint density at radius 3 is 2.46 bits per heavy atom. The van der Waals surface area contributed by atoms with E-state index in [9.17, 15) is 4.79 Å². The van der Waals surface area contributed by atoms with Crippen molar-refractivity contribution in [3.8, 4) is 5.75 Å². The first-order chi connectivity index (χ1) is 13.7. The summed E-state index contributed by atoms with van der Waals surface area (Å²) in [5, 5.41) is 2.97. The third-order valence-corrected chi connectivity index (χ3v) is 4.54. The van der Waals surface area contributed by atoms with Gasteiger partial charge in [-0.25, -0.2) is 0 Å². The van der Waals surface area contributed by atoms with Crippen molar-refractivity contribution < 1.29 is 9.53 Å². The van der Waals surface area contributed by atoms with Crippen molar-refractivity contribution in [1.29, 1.82) is 0 Å². The lowest BCUT2D eigenvalue weighted by molar-refractivity contribution is 0.0954. The highest BCUT2D eigenvalue weighted by Crippen LogP contribution is 2.24. The Labute approximate surface area is 166 Å². The zero-order valence-electron chi connectivity index (χ0n) is 16.3. The molecule has 0 aliphatic heterocycles. The second-order valence-corrected chi connectivity index (χ2v) is 6.37. The van der Waals surface area contributed by atoms with E-state index >= 15 is 0 Å². The predicted molar refractivity (Wildman–Crippen MR) is 112 cm³/mol. The van der Waals surface area contributed by atoms with Crippen LogP contribution in [0.25, 0.3) is 0 Å². The molecule has 0 atom stereocenters. The lowest BCUT2D eigenvalue weighted by Gasteiger charge is -2.23. The van der Waals surface area contributed by atoms with Crippen molar-refractivity contribution in [3.63, 3.8) is 0 Å². The summed E-state index contributed by atoms with van der Waals surface area (Å²) in [4.78, 5) is 18.9. The quantitative estimate of drug-likeness (QED) is 0.640. The molecule has 5 heteroatoms. The van der Waals surface area contributed by atoms with Gasteiger partial charge in [0.05, 0.1) is 24.6 Å². The predicted octanol–water partition coefficient (Wildman–Crippen LogP) is 4.22. The fourth-order valence-electron chi connectivity index (χ4n) is 3.04. The highest BCUT2D eigenvalue weighted by Gasteiger charge is 2.11. The number of rotatable bonds is 8. The molecule has 0 fully saturated rings. The molecule has 0 saturated heterocycles. The molecule has 0 radical (unpaired) electrons. The van der Waals surface area contributed by atoms with Crippen molar-refractivity contribution in [2.75, 3.05) is 25.1 Å². The fraction of sp³-hybridized carbons (Fsp3) is 0.217. The maximum absolute atomic E-state index is 12.5. The van der Waals surface area contributed by atoms with Gasteiger partial charge in [-0.05, 0) is 49.2 Å². The van der Waals surface area contributed by atoms with Crippen molar-refractivity contribution in [2.45, 2.75) is 13.3 Å². The molecule has 3 aromatic rings. The number of benzene rings is 2. The normalized spacial score (nSPS) is 10.4. The van der Waals surface area contributed by atoms with Crippen LogP contribution in [0.1, 0.15) is 22.8 Å². The standard InChI is InChI=1S/C23H25N3O2/c1-3-26(20-7-5-4-6-8-20)21-15-19(16-24-17-21)23(27)25-14-13-18-9-11-22(28-2)12-10-18/h4-12,15-17H,3,13-14H2,1-2H3,(H,25,27). The highest BCUT2D eigenvalue weighted by atomic mass is 16.5. The minimum Gasteiger partial charge on any atom is -0.497 e. The van der Waals surface area contributed by atoms with Crippen molar-refractivity contribution >= 4 is 17.3 Å². The van der Waals surface area contributed by atoms with E-state index in [-0.39, 0.29) is 5.91 Å². The number of nitrogens with zero attached hydrogens (tertiary/aromatic N) is 2. The molecule has 1 N–H and O–H groups in total. The molecule has 0 saturated carbocycles. The van der Waals surface area contributed by atoms with Crippen molar-refractivity contribution in [2.24, 2.45) is 0 Å². The maximum Gasteiger partial charge on any atom is 0.252 e. The van der Waals surface area contributed by atoms with E-state index in [2.05, 4.69) is 22.1 Å². The second-order valence-electron chi connectivity index (χ2n) is 6.37. The van der Waals surface area contributed by atoms with Gasteiger partial charge in [0.1, 0.15) is 5.75 Å². The Morgan fingerprint density at radius 1 is 1.04 bits per heavy atom. The lowest BCUT2D eigenvalue weighted by atomic mass is 10.1. The van der Waals surface area contributed by atoms with Crippen LogP contribution in [0.4, 0.5) is 11.4 Å². The van der Waals surface area contributed by atoms with E-state index in [4.69, 9.17) is 4.74 Å². The monoisotopic (exact) mass is 375 g/mol. The summed E-state index contributed by atoms with van der Waals surface area (Å²) < 4.78 is 5.16. The van der Waals surface area contributed by atoms with Crippen molar-refractivity contribution in [3.05, 3.63) is 84.2 Å². The average Bonchev–Trinajstić information content (AvgIpc) is 2.76. The van der Waals surface area contributed by atoms with E-state index in [0.717, 1.165) is 35.7 Å². The number of para-hydroxylation sites is 1. The molecule has 2 aromatic carbocycles. The molecule has 0 aliphatic carbocycles. The van der Waals surface area contributed by atoms with Gasteiger partial charge in [0, 0.05) is 25.0 Å². The van der Waals surface area contributed by atoms with Crippen LogP contribution in [-0.4, -0.2) is 31.1 Å². The number of amides is 1. The molecule has 28 heavy (non-hydrogen) atoms. The SMILES string of the molecule is CCN(c1ccccc1)c1cncc(C(=O)NCCc2ccc(OC)cc2)c1. The molecule has 5 nitrogen and oxygen atoms in total. The van der Waals surface area contributed by atoms with Gasteiger partial charge in [-0.15, -0.1) is 0 Å². The first-order valence-corrected chi connectivity index (χ1v) is 9.40. The molecule has 1 heterocycles. The molecular weight excluding hydrogens is 350 g/mol. The number of hydrogen-bond donors (Lipinski definition) is 1. The van der Waals surface area contributed by atoms with Gasteiger partial charge in [-0.3, -0.25) is 9.78 Å². The summed E-state index contributed by atoms with van der Waals surface area (Å²) in [5.74, 6) is 0.710. The second kappa shape index (κ2) is 9.55. The number of aromatic nitrogens is 1. The van der Waals surface area contributed by atoms with Crippen LogP contribution in [0, 0.1) is 0 Å². The van der Waals surface area contributed by atoms with Gasteiger partial charge in [0.25, 0.3) is 5.91 Å². The topological polar surface area (TPSA) is 54.5 Å². The number of pyridine rings is 1. The van der Waals surface area contributed by atoms with Crippen LogP contribution in [-0.2, 0) is 6.42 Å². The van der Waals surface area contributed by atoms with Crippen LogP contribution in [0.5, 0.6) is 5.75 Å². The van der Waals surface area contributed by atoms with Gasteiger partial charge in [-0.1, -0.05) is 30.3 Å². The Morgan fingerprint density at radius 2 is 1.79 bits per heavy atom. The largest absolute Gasteiger partial charge is 0.497 e. The van der Waals surface area contributed by atoms with Crippen LogP contribution >= 0.6 is 0 Å². The third-order valence-electron chi connectivity index (χ3n) is 4.54. The zero-order chi connectivity index (χ0) is 19.8. The van der Waals surface area contributed by atoms with Gasteiger partial charge < -0.3 is 15.0 Å². The summed E-state index contributed by atoms with van der Waals surface area (Å²) in [6.07, 6.45) is 4.14. The van der Waals surface area contributed by atoms with Crippen LogP contribution in [0.15, 0.2) is 73.1 Å². The number of hydrogen-bond acceptors (Lipinski definition) is 4. The highest BCUT2D eigenvalue weighted by molar-refractivity contribution is 5.95. The Kier molecular flexibility index (Phi) is 6.63. The van der Waals surface area contributed by atoms with Gasteiger partial charge >= 0.3 is 0 Å². The van der Waals surface area contributed by atoms with Gasteiger partial charge in [0.15, 0.2) is 0 Å². The molecule has 1 aromatic heterocycles. The maximum atomic E-state index is 12.5. The van der Waals surface area contributed by atoms with Crippen LogP contribution < -0.4 is 15.0 Å². The number of methoxy groups -OCH3 is 1. The molecule has 0 aliphatic rings. The Bertz CT molecular complexity index is 895. The molecule has 0 unspecified atom stereocenters. The Hall–Kier alpha value is -3.34. The summed E-state index contributed by atoms with van der Waals surface area (Å²) >= 11 is 0. The number of carbonyl (C=O) groups excluding carboxylic acids is 1. The van der Waals surface area contributed by atoms with Crippen LogP contribution in [0.2, 0.25) is 0 Å². The number of ether oxygens (including phenoxy) is 1. The van der Waals surface area contributed by atoms with E-state index in [0.29, 0.717) is 12.1 Å². The first-order valence-electron chi connectivity index (χ1n) is 9.40. The summed E-state index contributed by atoms with van der Waals surface area (Å²) in [5.41, 5.74) is 3.68. The first kappa shape index (κ1) is 19.4. The summed E-state index contributed by atoms with van der Waals surface area (Å²) in [6, 6.07) is 19.8.